The van der Waals surface area contributed by atoms with Gasteiger partial charge in [-0.3, -0.25) is 9.78 Å². The number of rotatable bonds is 3. The van der Waals surface area contributed by atoms with E-state index in [1.54, 1.807) is 6.20 Å². The normalized spacial score (nSPS) is 17.7. The van der Waals surface area contributed by atoms with E-state index >= 15 is 0 Å². The second kappa shape index (κ2) is 8.12. The Morgan fingerprint density at radius 3 is 2.49 bits per heavy atom. The number of hydrogen-bond donors (Lipinski definition) is 0. The molecule has 1 fully saturated rings. The predicted molar refractivity (Wildman–Crippen MR) is 133 cm³/mol. The van der Waals surface area contributed by atoms with Crippen molar-refractivity contribution >= 4 is 28.1 Å². The van der Waals surface area contributed by atoms with Crippen LogP contribution in [0.4, 0.5) is 14.5 Å². The van der Waals surface area contributed by atoms with Gasteiger partial charge in [-0.15, -0.1) is 0 Å². The number of allylic oxidation sites excluding steroid dienone is 2. The molecule has 1 saturated heterocycles. The Bertz CT molecular complexity index is 1480. The van der Waals surface area contributed by atoms with Crippen molar-refractivity contribution in [1.82, 2.24) is 14.8 Å². The van der Waals surface area contributed by atoms with Crippen LogP contribution in [0.15, 0.2) is 72.4 Å². The van der Waals surface area contributed by atoms with Gasteiger partial charge in [0.15, 0.2) is 0 Å². The third-order valence-electron chi connectivity index (χ3n) is 6.97. The van der Waals surface area contributed by atoms with Crippen LogP contribution < -0.4 is 4.90 Å². The van der Waals surface area contributed by atoms with Gasteiger partial charge in [0.1, 0.15) is 5.69 Å². The van der Waals surface area contributed by atoms with Gasteiger partial charge in [-0.25, -0.2) is 8.78 Å². The number of halogens is 2. The van der Waals surface area contributed by atoms with Crippen LogP contribution in [0.5, 0.6) is 0 Å². The monoisotopic (exact) mass is 470 g/mol. The van der Waals surface area contributed by atoms with Gasteiger partial charge >= 0.3 is 0 Å². The van der Waals surface area contributed by atoms with Gasteiger partial charge in [-0.1, -0.05) is 48.0 Å². The first-order valence-corrected chi connectivity index (χ1v) is 11.8. The minimum Gasteiger partial charge on any atom is -0.368 e. The molecule has 0 amide bonds. The molecule has 2 aromatic carbocycles. The van der Waals surface area contributed by atoms with E-state index in [2.05, 4.69) is 4.98 Å². The lowest BCUT2D eigenvalue weighted by Gasteiger charge is -2.34. The third-order valence-corrected chi connectivity index (χ3v) is 6.97. The fraction of sp³-hybridized carbons (Fsp3) is 0.250. The summed E-state index contributed by atoms with van der Waals surface area (Å²) in [5.74, 6) is -2.85. The van der Waals surface area contributed by atoms with E-state index in [4.69, 9.17) is 5.10 Å². The molecule has 4 aromatic rings. The van der Waals surface area contributed by atoms with Crippen molar-refractivity contribution in [3.63, 3.8) is 0 Å². The Balaban J connectivity index is 1.47. The molecule has 2 aromatic heterocycles. The first kappa shape index (κ1) is 21.6. The summed E-state index contributed by atoms with van der Waals surface area (Å²) < 4.78 is 29.4. The molecule has 0 unspecified atom stereocenters. The Labute approximate surface area is 201 Å². The Kier molecular flexibility index (Phi) is 5.02. The highest BCUT2D eigenvalue weighted by Gasteiger charge is 2.38. The van der Waals surface area contributed by atoms with Crippen molar-refractivity contribution in [2.45, 2.75) is 32.1 Å². The highest BCUT2D eigenvalue weighted by atomic mass is 19.3. The largest absolute Gasteiger partial charge is 0.368 e. The summed E-state index contributed by atoms with van der Waals surface area (Å²) in [5, 5.41) is 5.74. The molecule has 0 atom stereocenters. The maximum absolute atomic E-state index is 13.9. The number of carbonyl (C=O) groups excluding carboxylic acids is 1. The second-order valence-electron chi connectivity index (χ2n) is 9.31. The third kappa shape index (κ3) is 3.71. The SMILES string of the molecule is CC1=C(c2ccc3ncccc3c2)C(=O)n2nc(-c3ccccc3)c(N3CCC(F)(F)CC3)c2C1. The van der Waals surface area contributed by atoms with Gasteiger partial charge in [0, 0.05) is 55.1 Å². The Hall–Kier alpha value is -3.87. The molecular formula is C28H24F2N4O. The summed E-state index contributed by atoms with van der Waals surface area (Å²) in [6, 6.07) is 19.3. The molecule has 7 heteroatoms. The van der Waals surface area contributed by atoms with Crippen LogP contribution in [0.1, 0.15) is 35.8 Å². The Morgan fingerprint density at radius 1 is 0.943 bits per heavy atom. The van der Waals surface area contributed by atoms with Crippen LogP contribution in [0.3, 0.4) is 0 Å². The lowest BCUT2D eigenvalue weighted by Crippen LogP contribution is -2.40. The van der Waals surface area contributed by atoms with Crippen LogP contribution in [0, 0.1) is 0 Å². The highest BCUT2D eigenvalue weighted by Crippen LogP contribution is 2.41. The average molecular weight is 471 g/mol. The zero-order valence-electron chi connectivity index (χ0n) is 19.3. The molecule has 35 heavy (non-hydrogen) atoms. The number of benzene rings is 2. The highest BCUT2D eigenvalue weighted by molar-refractivity contribution is 6.23. The van der Waals surface area contributed by atoms with Gasteiger partial charge in [0.2, 0.25) is 0 Å². The van der Waals surface area contributed by atoms with Crippen LogP contribution in [-0.2, 0) is 6.42 Å². The lowest BCUT2D eigenvalue weighted by molar-refractivity contribution is -0.0220. The molecule has 176 valence electrons. The van der Waals surface area contributed by atoms with E-state index in [0.29, 0.717) is 17.7 Å². The van der Waals surface area contributed by atoms with Gasteiger partial charge in [0.25, 0.3) is 11.8 Å². The molecule has 4 heterocycles. The molecule has 5 nitrogen and oxygen atoms in total. The van der Waals surface area contributed by atoms with E-state index < -0.39 is 5.92 Å². The number of carbonyl (C=O) groups is 1. The summed E-state index contributed by atoms with van der Waals surface area (Å²) in [6.45, 7) is 2.42. The van der Waals surface area contributed by atoms with Crippen LogP contribution >= 0.6 is 0 Å². The molecule has 0 radical (unpaired) electrons. The van der Waals surface area contributed by atoms with Crippen molar-refractivity contribution in [2.24, 2.45) is 0 Å². The number of pyridine rings is 1. The maximum atomic E-state index is 13.9. The van der Waals surface area contributed by atoms with Crippen LogP contribution in [0.2, 0.25) is 0 Å². The molecule has 0 saturated carbocycles. The summed E-state index contributed by atoms with van der Waals surface area (Å²) in [6.07, 6.45) is 1.86. The van der Waals surface area contributed by atoms with Gasteiger partial charge < -0.3 is 4.90 Å². The number of fused-ring (bicyclic) bond motifs is 2. The minimum atomic E-state index is -2.65. The summed E-state index contributed by atoms with van der Waals surface area (Å²) >= 11 is 0. The number of hydrogen-bond acceptors (Lipinski definition) is 4. The Morgan fingerprint density at radius 2 is 1.71 bits per heavy atom. The number of alkyl halides is 2. The summed E-state index contributed by atoms with van der Waals surface area (Å²) in [5.41, 5.74) is 6.35. The van der Waals surface area contributed by atoms with Gasteiger partial charge in [-0.2, -0.15) is 9.78 Å². The van der Waals surface area contributed by atoms with Gasteiger partial charge in [0.05, 0.1) is 16.9 Å². The predicted octanol–water partition coefficient (Wildman–Crippen LogP) is 6.00. The van der Waals surface area contributed by atoms with Crippen molar-refractivity contribution in [3.8, 4) is 11.3 Å². The zero-order chi connectivity index (χ0) is 24.2. The lowest BCUT2D eigenvalue weighted by atomic mass is 9.92. The molecule has 0 spiro atoms. The van der Waals surface area contributed by atoms with E-state index in [0.717, 1.165) is 39.0 Å². The van der Waals surface area contributed by atoms with Crippen molar-refractivity contribution < 1.29 is 13.6 Å². The standard InChI is InChI=1S/C28H24F2N4O/c1-18-16-23-26(33-14-11-28(29,30)12-15-33)25(19-6-3-2-4-7-19)32-34(23)27(35)24(18)21-9-10-22-20(17-21)8-5-13-31-22/h2-10,13,17H,11-12,14-16H2,1H3. The first-order chi connectivity index (χ1) is 16.9. The number of piperidine rings is 1. The van der Waals surface area contributed by atoms with E-state index in [1.165, 1.54) is 4.68 Å². The molecule has 0 N–H and O–H groups in total. The van der Waals surface area contributed by atoms with Crippen molar-refractivity contribution in [1.29, 1.82) is 0 Å². The fourth-order valence-corrected chi connectivity index (χ4v) is 5.18. The zero-order valence-corrected chi connectivity index (χ0v) is 19.3. The van der Waals surface area contributed by atoms with E-state index in [1.807, 2.05) is 72.5 Å². The fourth-order valence-electron chi connectivity index (χ4n) is 5.18. The smallest absolute Gasteiger partial charge is 0.279 e. The molecular weight excluding hydrogens is 446 g/mol. The molecule has 2 aliphatic heterocycles. The maximum Gasteiger partial charge on any atom is 0.279 e. The quantitative estimate of drug-likeness (QED) is 0.368. The average Bonchev–Trinajstić information content (AvgIpc) is 3.24. The van der Waals surface area contributed by atoms with E-state index in [9.17, 15) is 13.6 Å². The summed E-state index contributed by atoms with van der Waals surface area (Å²) in [4.78, 5) is 20.2. The summed E-state index contributed by atoms with van der Waals surface area (Å²) in [7, 11) is 0. The van der Waals surface area contributed by atoms with Gasteiger partial charge in [-0.05, 0) is 30.7 Å². The number of aromatic nitrogens is 3. The molecule has 0 aliphatic carbocycles. The van der Waals surface area contributed by atoms with Crippen LogP contribution in [-0.4, -0.2) is 39.7 Å². The van der Waals surface area contributed by atoms with E-state index in [-0.39, 0.29) is 31.8 Å². The second-order valence-corrected chi connectivity index (χ2v) is 9.31. The van der Waals surface area contributed by atoms with Crippen LogP contribution in [0.25, 0.3) is 27.7 Å². The minimum absolute atomic E-state index is 0.197. The van der Waals surface area contributed by atoms with Crippen molar-refractivity contribution in [3.05, 3.63) is 83.7 Å². The topological polar surface area (TPSA) is 51.0 Å². The number of nitrogens with zero attached hydrogens (tertiary/aromatic N) is 4. The van der Waals surface area contributed by atoms with Crippen molar-refractivity contribution in [2.75, 3.05) is 18.0 Å². The number of anilines is 1. The molecule has 2 aliphatic rings. The molecule has 6 rings (SSSR count). The molecule has 0 bridgehead atoms. The first-order valence-electron chi connectivity index (χ1n) is 11.8.